The lowest BCUT2D eigenvalue weighted by Crippen LogP contribution is -2.33. The monoisotopic (exact) mass is 253 g/mol. The van der Waals surface area contributed by atoms with Crippen molar-refractivity contribution >= 4 is 17.9 Å². The van der Waals surface area contributed by atoms with Gasteiger partial charge in [0, 0.05) is 13.6 Å². The number of amides is 2. The lowest BCUT2D eigenvalue weighted by molar-refractivity contribution is -0.137. The number of rotatable bonds is 4. The zero-order valence-corrected chi connectivity index (χ0v) is 10.5. The summed E-state index contributed by atoms with van der Waals surface area (Å²) in [4.78, 5) is 27.3. The highest BCUT2D eigenvalue weighted by Gasteiger charge is 2.12. The van der Waals surface area contributed by atoms with Crippen molar-refractivity contribution in [1.29, 1.82) is 0 Å². The third-order valence-corrected chi connectivity index (χ3v) is 2.32. The number of carbonyl (C=O) groups is 2. The van der Waals surface area contributed by atoms with E-state index in [0.717, 1.165) is 0 Å². The number of carboxylic acids is 1. The molecular formula is C10H15N5O3. The van der Waals surface area contributed by atoms with Crippen LogP contribution in [0, 0.1) is 13.8 Å². The minimum Gasteiger partial charge on any atom is -0.481 e. The number of hydrogen-bond acceptors (Lipinski definition) is 5. The number of carbonyl (C=O) groups excluding carboxylic acids is 1. The second-order valence-corrected chi connectivity index (χ2v) is 3.80. The molecule has 2 N–H and O–H groups in total. The van der Waals surface area contributed by atoms with Gasteiger partial charge in [-0.15, -0.1) is 5.10 Å². The van der Waals surface area contributed by atoms with E-state index >= 15 is 0 Å². The van der Waals surface area contributed by atoms with Gasteiger partial charge in [0.1, 0.15) is 0 Å². The van der Waals surface area contributed by atoms with E-state index in [0.29, 0.717) is 11.4 Å². The number of urea groups is 1. The van der Waals surface area contributed by atoms with Gasteiger partial charge in [-0.3, -0.25) is 10.1 Å². The Labute approximate surface area is 104 Å². The number of nitrogens with one attached hydrogen (secondary N) is 1. The van der Waals surface area contributed by atoms with Gasteiger partial charge >= 0.3 is 12.0 Å². The van der Waals surface area contributed by atoms with Crippen molar-refractivity contribution in [3.63, 3.8) is 0 Å². The Morgan fingerprint density at radius 2 is 1.94 bits per heavy atom. The number of carboxylic acid groups (broad SMARTS) is 1. The van der Waals surface area contributed by atoms with Crippen LogP contribution in [0.2, 0.25) is 0 Å². The zero-order chi connectivity index (χ0) is 13.7. The lowest BCUT2D eigenvalue weighted by Gasteiger charge is -2.15. The standard InChI is InChI=1S/C10H15N5O3/c1-6-7(2)13-14-9(11-6)12-10(18)15(3)5-4-8(16)17/h4-5H2,1-3H3,(H,16,17)(H,11,12,14,18). The average Bonchev–Trinajstić information content (AvgIpc) is 2.30. The fraction of sp³-hybridized carbons (Fsp3) is 0.500. The first-order chi connectivity index (χ1) is 8.40. The van der Waals surface area contributed by atoms with Crippen LogP contribution in [0.5, 0.6) is 0 Å². The molecule has 8 heteroatoms. The van der Waals surface area contributed by atoms with Crippen LogP contribution in [0.3, 0.4) is 0 Å². The smallest absolute Gasteiger partial charge is 0.324 e. The summed E-state index contributed by atoms with van der Waals surface area (Å²) in [5, 5.41) is 18.5. The Morgan fingerprint density at radius 3 is 2.50 bits per heavy atom. The summed E-state index contributed by atoms with van der Waals surface area (Å²) in [5.74, 6) is -0.857. The van der Waals surface area contributed by atoms with Gasteiger partial charge in [0.05, 0.1) is 17.8 Å². The molecule has 0 radical (unpaired) electrons. The number of aryl methyl sites for hydroxylation is 2. The van der Waals surface area contributed by atoms with E-state index in [9.17, 15) is 9.59 Å². The summed E-state index contributed by atoms with van der Waals surface area (Å²) in [6.45, 7) is 3.63. The molecule has 0 fully saturated rings. The molecule has 98 valence electrons. The molecule has 1 aromatic rings. The highest BCUT2D eigenvalue weighted by molar-refractivity contribution is 5.87. The SMILES string of the molecule is Cc1nnc(NC(=O)N(C)CCC(=O)O)nc1C. The van der Waals surface area contributed by atoms with Gasteiger partial charge in [-0.05, 0) is 13.8 Å². The second kappa shape index (κ2) is 5.89. The van der Waals surface area contributed by atoms with Crippen molar-refractivity contribution in [2.45, 2.75) is 20.3 Å². The van der Waals surface area contributed by atoms with Gasteiger partial charge < -0.3 is 10.0 Å². The highest BCUT2D eigenvalue weighted by atomic mass is 16.4. The minimum absolute atomic E-state index is 0.102. The summed E-state index contributed by atoms with van der Waals surface area (Å²) >= 11 is 0. The number of aromatic nitrogens is 3. The Bertz CT molecular complexity index is 463. The molecule has 0 aliphatic heterocycles. The van der Waals surface area contributed by atoms with Gasteiger partial charge in [-0.2, -0.15) is 5.10 Å². The van der Waals surface area contributed by atoms with E-state index < -0.39 is 12.0 Å². The van der Waals surface area contributed by atoms with E-state index in [2.05, 4.69) is 20.5 Å². The van der Waals surface area contributed by atoms with Crippen LogP contribution in [-0.2, 0) is 4.79 Å². The van der Waals surface area contributed by atoms with Crippen molar-refractivity contribution in [3.05, 3.63) is 11.4 Å². The maximum atomic E-state index is 11.6. The quantitative estimate of drug-likeness (QED) is 0.805. The molecule has 0 saturated heterocycles. The molecule has 1 heterocycles. The summed E-state index contributed by atoms with van der Waals surface area (Å²) in [7, 11) is 1.49. The van der Waals surface area contributed by atoms with Gasteiger partial charge in [-0.1, -0.05) is 0 Å². The van der Waals surface area contributed by atoms with Crippen molar-refractivity contribution in [2.75, 3.05) is 18.9 Å². The number of nitrogens with zero attached hydrogens (tertiary/aromatic N) is 4. The fourth-order valence-corrected chi connectivity index (χ4v) is 1.07. The number of anilines is 1. The molecule has 0 atom stereocenters. The van der Waals surface area contributed by atoms with Crippen LogP contribution in [0.15, 0.2) is 0 Å². The molecule has 1 rings (SSSR count). The molecule has 8 nitrogen and oxygen atoms in total. The first-order valence-corrected chi connectivity index (χ1v) is 5.32. The molecule has 0 spiro atoms. The summed E-state index contributed by atoms with van der Waals surface area (Å²) in [6, 6.07) is -0.471. The van der Waals surface area contributed by atoms with Crippen molar-refractivity contribution in [1.82, 2.24) is 20.1 Å². The van der Waals surface area contributed by atoms with E-state index in [-0.39, 0.29) is 18.9 Å². The van der Waals surface area contributed by atoms with Gasteiger partial charge in [0.2, 0.25) is 0 Å². The average molecular weight is 253 g/mol. The largest absolute Gasteiger partial charge is 0.481 e. The molecule has 0 saturated carbocycles. The van der Waals surface area contributed by atoms with Crippen molar-refractivity contribution < 1.29 is 14.7 Å². The molecule has 18 heavy (non-hydrogen) atoms. The van der Waals surface area contributed by atoms with Gasteiger partial charge in [0.25, 0.3) is 5.95 Å². The van der Waals surface area contributed by atoms with Crippen molar-refractivity contribution in [3.8, 4) is 0 Å². The molecule has 1 aromatic heterocycles. The fourth-order valence-electron chi connectivity index (χ4n) is 1.07. The summed E-state index contributed by atoms with van der Waals surface area (Å²) < 4.78 is 0. The second-order valence-electron chi connectivity index (χ2n) is 3.80. The van der Waals surface area contributed by atoms with Crippen LogP contribution < -0.4 is 5.32 Å². The van der Waals surface area contributed by atoms with E-state index in [1.165, 1.54) is 11.9 Å². The third-order valence-electron chi connectivity index (χ3n) is 2.32. The zero-order valence-electron chi connectivity index (χ0n) is 10.5. The lowest BCUT2D eigenvalue weighted by atomic mass is 10.4. The maximum absolute atomic E-state index is 11.6. The van der Waals surface area contributed by atoms with E-state index in [1.54, 1.807) is 13.8 Å². The topological polar surface area (TPSA) is 108 Å². The first kappa shape index (κ1) is 13.8. The number of hydrogen-bond donors (Lipinski definition) is 2. The maximum Gasteiger partial charge on any atom is 0.324 e. The minimum atomic E-state index is -0.959. The molecule has 0 aromatic carbocycles. The molecule has 0 aliphatic carbocycles. The predicted octanol–water partition coefficient (Wildman–Crippen LogP) is 0.427. The van der Waals surface area contributed by atoms with Gasteiger partial charge in [-0.25, -0.2) is 9.78 Å². The van der Waals surface area contributed by atoms with Crippen LogP contribution in [-0.4, -0.2) is 50.8 Å². The van der Waals surface area contributed by atoms with Crippen LogP contribution in [0.1, 0.15) is 17.8 Å². The van der Waals surface area contributed by atoms with Crippen LogP contribution >= 0.6 is 0 Å². The van der Waals surface area contributed by atoms with Crippen LogP contribution in [0.25, 0.3) is 0 Å². The molecule has 0 aliphatic rings. The predicted molar refractivity (Wildman–Crippen MR) is 63.2 cm³/mol. The first-order valence-electron chi connectivity index (χ1n) is 5.32. The molecule has 0 bridgehead atoms. The summed E-state index contributed by atoms with van der Waals surface area (Å²) in [6.07, 6.45) is -0.115. The molecule has 0 unspecified atom stereocenters. The third kappa shape index (κ3) is 3.96. The normalized spacial score (nSPS) is 9.94. The highest BCUT2D eigenvalue weighted by Crippen LogP contribution is 2.03. The Morgan fingerprint density at radius 1 is 1.28 bits per heavy atom. The Kier molecular flexibility index (Phi) is 4.52. The Hall–Kier alpha value is -2.25. The van der Waals surface area contributed by atoms with Gasteiger partial charge in [0.15, 0.2) is 0 Å². The van der Waals surface area contributed by atoms with Crippen LogP contribution in [0.4, 0.5) is 10.7 Å². The Balaban J connectivity index is 2.58. The van der Waals surface area contributed by atoms with E-state index in [4.69, 9.17) is 5.11 Å². The molecular weight excluding hydrogens is 238 g/mol. The van der Waals surface area contributed by atoms with E-state index in [1.807, 2.05) is 0 Å². The number of aliphatic carboxylic acids is 1. The molecule has 2 amide bonds. The van der Waals surface area contributed by atoms with Crippen molar-refractivity contribution in [2.24, 2.45) is 0 Å². The summed E-state index contributed by atoms with van der Waals surface area (Å²) in [5.41, 5.74) is 1.36.